The zero-order valence-corrected chi connectivity index (χ0v) is 10.7. The average Bonchev–Trinajstić information content (AvgIpc) is 2.43. The van der Waals surface area contributed by atoms with Gasteiger partial charge in [-0.05, 0) is 24.6 Å². The third kappa shape index (κ3) is 1.25. The zero-order valence-electron chi connectivity index (χ0n) is 9.84. The summed E-state index contributed by atoms with van der Waals surface area (Å²) in [5, 5.41) is 1.20. The van der Waals surface area contributed by atoms with Gasteiger partial charge in [0.15, 0.2) is 0 Å². The second-order valence-electron chi connectivity index (χ2n) is 4.43. The Kier molecular flexibility index (Phi) is 2.00. The van der Waals surface area contributed by atoms with Crippen LogP contribution < -0.4 is 0 Å². The van der Waals surface area contributed by atoms with Crippen molar-refractivity contribution in [2.24, 2.45) is 0 Å². The van der Waals surface area contributed by atoms with Crippen molar-refractivity contribution in [3.8, 4) is 11.3 Å². The van der Waals surface area contributed by atoms with Gasteiger partial charge in [-0.3, -0.25) is 0 Å². The number of hydrogen-bond acceptors (Lipinski definition) is 3. The molecule has 0 bridgehead atoms. The Balaban J connectivity index is 2.23. The molecule has 0 N–H and O–H groups in total. The Morgan fingerprint density at radius 3 is 2.83 bits per heavy atom. The Morgan fingerprint density at radius 1 is 1.00 bits per heavy atom. The lowest BCUT2D eigenvalue weighted by molar-refractivity contribution is 1.18. The van der Waals surface area contributed by atoms with Crippen molar-refractivity contribution in [1.29, 1.82) is 0 Å². The van der Waals surface area contributed by atoms with Crippen LogP contribution in [-0.2, 0) is 0 Å². The van der Waals surface area contributed by atoms with E-state index in [2.05, 4.69) is 53.3 Å². The van der Waals surface area contributed by atoms with Gasteiger partial charge >= 0.3 is 0 Å². The monoisotopic (exact) mass is 250 g/mol. The molecular formula is C15H10N2S. The van der Waals surface area contributed by atoms with Crippen LogP contribution in [0.1, 0.15) is 5.56 Å². The summed E-state index contributed by atoms with van der Waals surface area (Å²) in [5.41, 5.74) is 4.60. The molecule has 0 saturated carbocycles. The summed E-state index contributed by atoms with van der Waals surface area (Å²) in [6.45, 7) is 2.15. The fourth-order valence-corrected chi connectivity index (χ4v) is 3.60. The van der Waals surface area contributed by atoms with Crippen molar-refractivity contribution in [2.45, 2.75) is 16.7 Å². The molecule has 0 radical (unpaired) electrons. The van der Waals surface area contributed by atoms with Crippen molar-refractivity contribution in [3.05, 3.63) is 48.3 Å². The molecule has 2 heterocycles. The first kappa shape index (κ1) is 10.1. The van der Waals surface area contributed by atoms with E-state index in [1.165, 1.54) is 26.3 Å². The fourth-order valence-electron chi connectivity index (χ4n) is 2.42. The number of benzene rings is 2. The highest BCUT2D eigenvalue weighted by Crippen LogP contribution is 2.47. The summed E-state index contributed by atoms with van der Waals surface area (Å²) in [5.74, 6) is 0. The molecule has 3 aromatic rings. The first-order chi connectivity index (χ1) is 8.84. The first-order valence-electron chi connectivity index (χ1n) is 5.86. The molecule has 1 aliphatic heterocycles. The van der Waals surface area contributed by atoms with Crippen LogP contribution >= 0.6 is 11.8 Å². The van der Waals surface area contributed by atoms with E-state index in [4.69, 9.17) is 0 Å². The predicted octanol–water partition coefficient (Wildman–Crippen LogP) is 4.07. The van der Waals surface area contributed by atoms with E-state index in [-0.39, 0.29) is 0 Å². The highest BCUT2D eigenvalue weighted by molar-refractivity contribution is 7.99. The Hall–Kier alpha value is -1.87. The summed E-state index contributed by atoms with van der Waals surface area (Å²) >= 11 is 1.82. The van der Waals surface area contributed by atoms with Crippen LogP contribution in [0, 0.1) is 6.92 Å². The lowest BCUT2D eigenvalue weighted by Crippen LogP contribution is -1.98. The standard InChI is InChI=1S/C15H10N2S/c1-9-6-7-11-13-14(17-8-16-11)10-4-2-3-5-12(10)18-15(9)13/h2-8H,1H3. The van der Waals surface area contributed by atoms with Gasteiger partial charge in [0.25, 0.3) is 0 Å². The van der Waals surface area contributed by atoms with Crippen molar-refractivity contribution in [2.75, 3.05) is 0 Å². The topological polar surface area (TPSA) is 25.8 Å². The lowest BCUT2D eigenvalue weighted by Gasteiger charge is -2.19. The SMILES string of the molecule is Cc1ccc2ncnc3c2c1Sc1ccccc1-3. The number of nitrogens with zero attached hydrogens (tertiary/aromatic N) is 2. The maximum Gasteiger partial charge on any atom is 0.116 e. The van der Waals surface area contributed by atoms with E-state index in [9.17, 15) is 0 Å². The molecule has 0 atom stereocenters. The van der Waals surface area contributed by atoms with Gasteiger partial charge in [0, 0.05) is 20.7 Å². The molecule has 0 unspecified atom stereocenters. The fraction of sp³-hybridized carbons (Fsp3) is 0.0667. The summed E-state index contributed by atoms with van der Waals surface area (Å²) in [4.78, 5) is 11.4. The van der Waals surface area contributed by atoms with Gasteiger partial charge in [-0.2, -0.15) is 0 Å². The minimum absolute atomic E-state index is 1.03. The summed E-state index contributed by atoms with van der Waals surface area (Å²) in [7, 11) is 0. The molecule has 4 rings (SSSR count). The number of fused-ring (bicyclic) bond motifs is 2. The summed E-state index contributed by atoms with van der Waals surface area (Å²) < 4.78 is 0. The van der Waals surface area contributed by atoms with E-state index in [0.29, 0.717) is 0 Å². The van der Waals surface area contributed by atoms with Gasteiger partial charge in [-0.15, -0.1) is 0 Å². The molecule has 1 aliphatic rings. The Bertz CT molecular complexity index is 781. The summed E-state index contributed by atoms with van der Waals surface area (Å²) in [6, 6.07) is 12.6. The molecule has 0 spiro atoms. The molecule has 2 nitrogen and oxygen atoms in total. The molecule has 0 aliphatic carbocycles. The van der Waals surface area contributed by atoms with Crippen molar-refractivity contribution >= 4 is 22.7 Å². The van der Waals surface area contributed by atoms with E-state index in [0.717, 1.165) is 11.2 Å². The van der Waals surface area contributed by atoms with E-state index < -0.39 is 0 Å². The molecule has 86 valence electrons. The second kappa shape index (κ2) is 3.56. The third-order valence-electron chi connectivity index (χ3n) is 3.31. The van der Waals surface area contributed by atoms with Crippen LogP contribution in [0.5, 0.6) is 0 Å². The van der Waals surface area contributed by atoms with Crippen LogP contribution in [0.15, 0.2) is 52.5 Å². The lowest BCUT2D eigenvalue weighted by atomic mass is 10.0. The maximum absolute atomic E-state index is 4.50. The maximum atomic E-state index is 4.50. The van der Waals surface area contributed by atoms with Gasteiger partial charge in [0.1, 0.15) is 6.33 Å². The van der Waals surface area contributed by atoms with Gasteiger partial charge in [-0.1, -0.05) is 36.0 Å². The normalized spacial score (nSPS) is 12.5. The van der Waals surface area contributed by atoms with Gasteiger partial charge in [0.05, 0.1) is 11.2 Å². The molecule has 0 amide bonds. The van der Waals surface area contributed by atoms with Gasteiger partial charge in [-0.25, -0.2) is 9.97 Å². The molecule has 0 fully saturated rings. The quantitative estimate of drug-likeness (QED) is 0.470. The van der Waals surface area contributed by atoms with Crippen LogP contribution in [0.4, 0.5) is 0 Å². The van der Waals surface area contributed by atoms with E-state index in [1.54, 1.807) is 6.33 Å². The third-order valence-corrected chi connectivity index (χ3v) is 4.61. The van der Waals surface area contributed by atoms with E-state index in [1.807, 2.05) is 11.8 Å². The highest BCUT2D eigenvalue weighted by Gasteiger charge is 2.21. The van der Waals surface area contributed by atoms with Gasteiger partial charge < -0.3 is 0 Å². The number of rotatable bonds is 0. The molecule has 18 heavy (non-hydrogen) atoms. The first-order valence-corrected chi connectivity index (χ1v) is 6.68. The minimum Gasteiger partial charge on any atom is -0.236 e. The number of hydrogen-bond donors (Lipinski definition) is 0. The van der Waals surface area contributed by atoms with Crippen LogP contribution in [0.2, 0.25) is 0 Å². The second-order valence-corrected chi connectivity index (χ2v) is 5.48. The number of aromatic nitrogens is 2. The molecule has 2 aromatic carbocycles. The molecule has 3 heteroatoms. The Morgan fingerprint density at radius 2 is 1.89 bits per heavy atom. The highest BCUT2D eigenvalue weighted by atomic mass is 32.2. The van der Waals surface area contributed by atoms with Crippen LogP contribution in [-0.4, -0.2) is 9.97 Å². The largest absolute Gasteiger partial charge is 0.236 e. The summed E-state index contributed by atoms with van der Waals surface area (Å²) in [6.07, 6.45) is 1.66. The van der Waals surface area contributed by atoms with Gasteiger partial charge in [0.2, 0.25) is 0 Å². The smallest absolute Gasteiger partial charge is 0.116 e. The molecular weight excluding hydrogens is 240 g/mol. The average molecular weight is 250 g/mol. The van der Waals surface area contributed by atoms with Crippen molar-refractivity contribution in [3.63, 3.8) is 0 Å². The number of aryl methyl sites for hydroxylation is 1. The van der Waals surface area contributed by atoms with E-state index >= 15 is 0 Å². The zero-order chi connectivity index (χ0) is 12.1. The molecule has 1 aromatic heterocycles. The predicted molar refractivity (Wildman–Crippen MR) is 73.8 cm³/mol. The Labute approximate surface area is 109 Å². The van der Waals surface area contributed by atoms with Crippen molar-refractivity contribution < 1.29 is 0 Å². The van der Waals surface area contributed by atoms with Crippen LogP contribution in [0.25, 0.3) is 22.2 Å². The van der Waals surface area contributed by atoms with Crippen molar-refractivity contribution in [1.82, 2.24) is 9.97 Å². The minimum atomic E-state index is 1.03. The van der Waals surface area contributed by atoms with Crippen LogP contribution in [0.3, 0.4) is 0 Å². The molecule has 0 saturated heterocycles.